The lowest BCUT2D eigenvalue weighted by molar-refractivity contribution is -0.275. The van der Waals surface area contributed by atoms with Crippen molar-refractivity contribution in [2.24, 2.45) is 11.8 Å². The van der Waals surface area contributed by atoms with Crippen molar-refractivity contribution >= 4 is 22.4 Å². The average molecular weight is 359 g/mol. The zero-order valence-electron chi connectivity index (χ0n) is 11.1. The summed E-state index contributed by atoms with van der Waals surface area (Å²) in [5.74, 6) is -0.285. The van der Waals surface area contributed by atoms with Gasteiger partial charge in [0.05, 0.1) is 0 Å². The monoisotopic (exact) mass is 358 g/mol. The number of halogens is 4. The number of rotatable bonds is 4. The summed E-state index contributed by atoms with van der Waals surface area (Å²) in [5, 5.41) is 3.11. The number of ether oxygens (including phenoxy) is 1. The Hall–Kier alpha value is -1.03. The summed E-state index contributed by atoms with van der Waals surface area (Å²) in [7, 11) is -4.04. The molecular weight excluding hydrogens is 345 g/mol. The fourth-order valence-electron chi connectivity index (χ4n) is 2.72. The third kappa shape index (κ3) is 3.48. The van der Waals surface area contributed by atoms with Gasteiger partial charge in [-0.1, -0.05) is 12.1 Å². The van der Waals surface area contributed by atoms with Crippen molar-refractivity contribution < 1.29 is 26.3 Å². The molecule has 2 N–H and O–H groups in total. The first-order chi connectivity index (χ1) is 9.78. The summed E-state index contributed by atoms with van der Waals surface area (Å²) in [6.07, 6.45) is -4.94. The molecule has 10 heteroatoms. The number of fused-ring (bicyclic) bond motifs is 1. The maximum Gasteiger partial charge on any atom is 0.573 e. The Morgan fingerprint density at radius 2 is 1.77 bits per heavy atom. The largest absolute Gasteiger partial charge is 0.573 e. The molecule has 1 saturated heterocycles. The lowest BCUT2D eigenvalue weighted by Gasteiger charge is -2.14. The third-order valence-corrected chi connectivity index (χ3v) is 5.25. The Morgan fingerprint density at radius 3 is 2.36 bits per heavy atom. The Labute approximate surface area is 131 Å². The molecule has 0 amide bonds. The smallest absolute Gasteiger partial charge is 0.404 e. The summed E-state index contributed by atoms with van der Waals surface area (Å²) in [6.45, 7) is 1.44. The van der Waals surface area contributed by atoms with Crippen molar-refractivity contribution in [3.8, 4) is 5.75 Å². The predicted molar refractivity (Wildman–Crippen MR) is 74.3 cm³/mol. The molecule has 1 aliphatic carbocycles. The number of hydrogen-bond donors (Lipinski definition) is 2. The maximum absolute atomic E-state index is 12.3. The highest BCUT2D eigenvalue weighted by Crippen LogP contribution is 2.43. The van der Waals surface area contributed by atoms with Crippen molar-refractivity contribution in [1.29, 1.82) is 0 Å². The van der Waals surface area contributed by atoms with E-state index in [9.17, 15) is 21.6 Å². The standard InChI is InChI=1S/C12H13F3N2O3S.ClH/c13-12(14,15)20-9-3-1-2-4-10(9)21(18,19)17-11-7-5-16-6-8(7)11;/h1-4,7-8,11,16-17H,5-6H2;1H. The van der Waals surface area contributed by atoms with Crippen LogP contribution in [0.5, 0.6) is 5.75 Å². The van der Waals surface area contributed by atoms with Crippen LogP contribution in [0.15, 0.2) is 29.2 Å². The second-order valence-corrected chi connectivity index (χ2v) is 6.81. The van der Waals surface area contributed by atoms with E-state index in [0.29, 0.717) is 0 Å². The van der Waals surface area contributed by atoms with Crippen LogP contribution in [0.4, 0.5) is 13.2 Å². The van der Waals surface area contributed by atoms with E-state index in [0.717, 1.165) is 25.2 Å². The van der Waals surface area contributed by atoms with Gasteiger partial charge in [0, 0.05) is 6.04 Å². The van der Waals surface area contributed by atoms with Gasteiger partial charge in [0.15, 0.2) is 0 Å². The van der Waals surface area contributed by atoms with E-state index < -0.39 is 27.0 Å². The predicted octanol–water partition coefficient (Wildman–Crippen LogP) is 1.50. The number of hydrogen-bond acceptors (Lipinski definition) is 4. The van der Waals surface area contributed by atoms with Crippen LogP contribution in [0.1, 0.15) is 0 Å². The van der Waals surface area contributed by atoms with Gasteiger partial charge >= 0.3 is 6.36 Å². The molecule has 1 aromatic carbocycles. The quantitative estimate of drug-likeness (QED) is 0.856. The molecule has 0 aromatic heterocycles. The van der Waals surface area contributed by atoms with E-state index in [2.05, 4.69) is 14.8 Å². The summed E-state index contributed by atoms with van der Waals surface area (Å²) >= 11 is 0. The summed E-state index contributed by atoms with van der Waals surface area (Å²) in [5.41, 5.74) is 0. The number of benzene rings is 1. The molecule has 3 rings (SSSR count). The molecule has 1 aromatic rings. The van der Waals surface area contributed by atoms with Gasteiger partial charge in [-0.3, -0.25) is 0 Å². The fraction of sp³-hybridized carbons (Fsp3) is 0.500. The fourth-order valence-corrected chi connectivity index (χ4v) is 4.18. The van der Waals surface area contributed by atoms with Crippen LogP contribution in [0, 0.1) is 11.8 Å². The normalized spacial score (nSPS) is 27.0. The van der Waals surface area contributed by atoms with Crippen molar-refractivity contribution in [3.63, 3.8) is 0 Å². The second-order valence-electron chi connectivity index (χ2n) is 5.13. The molecule has 0 radical (unpaired) electrons. The summed E-state index contributed by atoms with van der Waals surface area (Å²) < 4.78 is 67.7. The Balaban J connectivity index is 0.00000176. The van der Waals surface area contributed by atoms with Gasteiger partial charge in [-0.25, -0.2) is 13.1 Å². The van der Waals surface area contributed by atoms with Gasteiger partial charge in [-0.2, -0.15) is 0 Å². The zero-order chi connectivity index (χ0) is 15.3. The van der Waals surface area contributed by atoms with Crippen LogP contribution in [-0.4, -0.2) is 33.9 Å². The van der Waals surface area contributed by atoms with Gasteiger partial charge in [0.25, 0.3) is 0 Å². The number of sulfonamides is 1. The van der Waals surface area contributed by atoms with E-state index >= 15 is 0 Å². The van der Waals surface area contributed by atoms with Crippen molar-refractivity contribution in [3.05, 3.63) is 24.3 Å². The Morgan fingerprint density at radius 1 is 1.18 bits per heavy atom. The second kappa shape index (κ2) is 5.88. The SMILES string of the molecule is Cl.O=S(=O)(NC1C2CNCC21)c1ccccc1OC(F)(F)F. The first-order valence-corrected chi connectivity index (χ1v) is 7.84. The van der Waals surface area contributed by atoms with Crippen LogP contribution in [-0.2, 0) is 10.0 Å². The van der Waals surface area contributed by atoms with Gasteiger partial charge < -0.3 is 10.1 Å². The molecule has 1 heterocycles. The molecule has 2 unspecified atom stereocenters. The maximum atomic E-state index is 12.3. The summed E-state index contributed by atoms with van der Waals surface area (Å²) in [6, 6.07) is 4.51. The first kappa shape index (κ1) is 17.3. The van der Waals surface area contributed by atoms with E-state index in [1.165, 1.54) is 12.1 Å². The number of para-hydroxylation sites is 1. The average Bonchev–Trinajstić information content (AvgIpc) is 2.82. The number of alkyl halides is 3. The minimum atomic E-state index is -4.94. The van der Waals surface area contributed by atoms with Crippen LogP contribution in [0.3, 0.4) is 0 Å². The molecular formula is C12H14ClF3N2O3S. The molecule has 124 valence electrons. The molecule has 0 spiro atoms. The van der Waals surface area contributed by atoms with E-state index in [4.69, 9.17) is 0 Å². The van der Waals surface area contributed by atoms with Gasteiger partial charge in [-0.15, -0.1) is 25.6 Å². The Kier molecular flexibility index (Phi) is 4.63. The Bertz CT molecular complexity index is 643. The zero-order valence-corrected chi connectivity index (χ0v) is 12.8. The van der Waals surface area contributed by atoms with Crippen molar-refractivity contribution in [1.82, 2.24) is 10.0 Å². The molecule has 0 bridgehead atoms. The first-order valence-electron chi connectivity index (χ1n) is 6.36. The molecule has 2 aliphatic rings. The van der Waals surface area contributed by atoms with Crippen LogP contribution >= 0.6 is 12.4 Å². The summed E-state index contributed by atoms with van der Waals surface area (Å²) in [4.78, 5) is -0.500. The number of piperidine rings is 1. The van der Waals surface area contributed by atoms with Crippen molar-refractivity contribution in [2.45, 2.75) is 17.3 Å². The lowest BCUT2D eigenvalue weighted by Crippen LogP contribution is -2.33. The minimum absolute atomic E-state index is 0. The van der Waals surface area contributed by atoms with Crippen molar-refractivity contribution in [2.75, 3.05) is 13.1 Å². The molecule has 5 nitrogen and oxygen atoms in total. The molecule has 1 saturated carbocycles. The molecule has 2 fully saturated rings. The van der Waals surface area contributed by atoms with Gasteiger partial charge in [0.2, 0.25) is 10.0 Å². The highest BCUT2D eigenvalue weighted by Gasteiger charge is 2.54. The van der Waals surface area contributed by atoms with Crippen LogP contribution in [0.2, 0.25) is 0 Å². The van der Waals surface area contributed by atoms with E-state index in [1.807, 2.05) is 0 Å². The minimum Gasteiger partial charge on any atom is -0.404 e. The topological polar surface area (TPSA) is 67.4 Å². The lowest BCUT2D eigenvalue weighted by atomic mass is 10.3. The third-order valence-electron chi connectivity index (χ3n) is 3.75. The molecule has 1 aliphatic heterocycles. The number of nitrogens with one attached hydrogen (secondary N) is 2. The van der Waals surface area contributed by atoms with Crippen LogP contribution < -0.4 is 14.8 Å². The van der Waals surface area contributed by atoms with E-state index in [-0.39, 0.29) is 30.3 Å². The van der Waals surface area contributed by atoms with E-state index in [1.54, 1.807) is 0 Å². The highest BCUT2D eigenvalue weighted by molar-refractivity contribution is 7.89. The van der Waals surface area contributed by atoms with Gasteiger partial charge in [-0.05, 0) is 37.1 Å². The molecule has 2 atom stereocenters. The highest BCUT2D eigenvalue weighted by atomic mass is 35.5. The molecule has 22 heavy (non-hydrogen) atoms. The van der Waals surface area contributed by atoms with Gasteiger partial charge in [0.1, 0.15) is 10.6 Å². The van der Waals surface area contributed by atoms with Crippen LogP contribution in [0.25, 0.3) is 0 Å².